The number of nitrogen functional groups attached to an aromatic ring is 1. The van der Waals surface area contributed by atoms with Gasteiger partial charge in [-0.25, -0.2) is 4.79 Å². The normalized spacial score (nSPS) is 15.4. The summed E-state index contributed by atoms with van der Waals surface area (Å²) in [6.07, 6.45) is 4.97. The smallest absolute Gasteiger partial charge is 0.337 e. The van der Waals surface area contributed by atoms with Gasteiger partial charge in [-0.15, -0.1) is 0 Å². The molecule has 1 aromatic rings. The largest absolute Gasteiger partial charge is 0.478 e. The van der Waals surface area contributed by atoms with Gasteiger partial charge in [-0.2, -0.15) is 0 Å². The molecule has 0 saturated heterocycles. The first-order valence-corrected chi connectivity index (χ1v) is 6.49. The average molecular weight is 262 g/mol. The first-order valence-electron chi connectivity index (χ1n) is 6.49. The number of hydrogen-bond donors (Lipinski definition) is 3. The molecule has 0 heterocycles. The summed E-state index contributed by atoms with van der Waals surface area (Å²) in [5, 5.41) is 11.7. The van der Waals surface area contributed by atoms with Gasteiger partial charge >= 0.3 is 5.97 Å². The van der Waals surface area contributed by atoms with Crippen molar-refractivity contribution in [1.82, 2.24) is 0 Å². The molecule has 5 heteroatoms. The van der Waals surface area contributed by atoms with E-state index in [1.807, 2.05) is 0 Å². The monoisotopic (exact) mass is 262 g/mol. The van der Waals surface area contributed by atoms with Gasteiger partial charge < -0.3 is 16.2 Å². The zero-order valence-electron chi connectivity index (χ0n) is 10.7. The predicted molar refractivity (Wildman–Crippen MR) is 73.0 cm³/mol. The molecule has 0 radical (unpaired) electrons. The van der Waals surface area contributed by atoms with Crippen molar-refractivity contribution in [2.75, 3.05) is 11.1 Å². The number of nitrogens with one attached hydrogen (secondary N) is 1. The number of aromatic carboxylic acids is 1. The maximum Gasteiger partial charge on any atom is 0.337 e. The summed E-state index contributed by atoms with van der Waals surface area (Å²) in [7, 11) is 0. The molecule has 1 aliphatic rings. The lowest BCUT2D eigenvalue weighted by Gasteiger charge is -2.12. The molecule has 2 rings (SSSR count). The Morgan fingerprint density at radius 3 is 2.63 bits per heavy atom. The third-order valence-corrected chi connectivity index (χ3v) is 3.50. The number of hydrogen-bond acceptors (Lipinski definition) is 3. The Bertz CT molecular complexity index is 493. The average Bonchev–Trinajstić information content (AvgIpc) is 2.81. The summed E-state index contributed by atoms with van der Waals surface area (Å²) in [5.74, 6) is -0.787. The van der Waals surface area contributed by atoms with E-state index in [1.54, 1.807) is 0 Å². The molecule has 4 N–H and O–H groups in total. The lowest BCUT2D eigenvalue weighted by Crippen LogP contribution is -2.17. The lowest BCUT2D eigenvalue weighted by molar-refractivity contribution is -0.117. The highest BCUT2D eigenvalue weighted by molar-refractivity contribution is 6.01. The third kappa shape index (κ3) is 3.47. The molecule has 102 valence electrons. The van der Waals surface area contributed by atoms with Crippen LogP contribution in [0.5, 0.6) is 0 Å². The highest BCUT2D eigenvalue weighted by Crippen LogP contribution is 2.28. The van der Waals surface area contributed by atoms with E-state index in [2.05, 4.69) is 5.32 Å². The van der Waals surface area contributed by atoms with Gasteiger partial charge in [-0.05, 0) is 37.0 Å². The highest BCUT2D eigenvalue weighted by atomic mass is 16.4. The van der Waals surface area contributed by atoms with E-state index in [-0.39, 0.29) is 17.2 Å². The second-order valence-corrected chi connectivity index (χ2v) is 5.01. The zero-order chi connectivity index (χ0) is 13.8. The first kappa shape index (κ1) is 13.4. The van der Waals surface area contributed by atoms with Crippen molar-refractivity contribution in [3.05, 3.63) is 23.8 Å². The number of nitrogens with two attached hydrogens (primary N) is 1. The Kier molecular flexibility index (Phi) is 4.04. The van der Waals surface area contributed by atoms with Crippen molar-refractivity contribution in [3.63, 3.8) is 0 Å². The van der Waals surface area contributed by atoms with E-state index in [0.717, 1.165) is 12.8 Å². The van der Waals surface area contributed by atoms with Crippen molar-refractivity contribution in [3.8, 4) is 0 Å². The molecule has 0 unspecified atom stereocenters. The minimum atomic E-state index is -1.07. The molecule has 0 atom stereocenters. The molecule has 1 fully saturated rings. The summed E-state index contributed by atoms with van der Waals surface area (Å²) in [4.78, 5) is 23.0. The molecule has 1 saturated carbocycles. The van der Waals surface area contributed by atoms with Crippen LogP contribution in [-0.4, -0.2) is 17.0 Å². The van der Waals surface area contributed by atoms with E-state index in [1.165, 1.54) is 31.0 Å². The molecule has 0 aliphatic heterocycles. The van der Waals surface area contributed by atoms with E-state index < -0.39 is 5.97 Å². The van der Waals surface area contributed by atoms with Gasteiger partial charge in [0, 0.05) is 12.1 Å². The molecule has 1 amide bonds. The van der Waals surface area contributed by atoms with E-state index in [0.29, 0.717) is 18.0 Å². The number of carboxylic acid groups (broad SMARTS) is 1. The molecule has 0 spiro atoms. The number of benzene rings is 1. The molecule has 1 aliphatic carbocycles. The minimum Gasteiger partial charge on any atom is -0.478 e. The Morgan fingerprint density at radius 1 is 1.32 bits per heavy atom. The van der Waals surface area contributed by atoms with Crippen LogP contribution in [0.2, 0.25) is 0 Å². The molecular weight excluding hydrogens is 244 g/mol. The minimum absolute atomic E-state index is 0.0639. The molecular formula is C14H18N2O3. The summed E-state index contributed by atoms with van der Waals surface area (Å²) in [5.41, 5.74) is 6.39. The lowest BCUT2D eigenvalue weighted by atomic mass is 10.0. The Hall–Kier alpha value is -2.04. The first-order chi connectivity index (χ1) is 9.06. The molecule has 1 aromatic carbocycles. The maximum absolute atomic E-state index is 11.9. The van der Waals surface area contributed by atoms with Crippen LogP contribution in [0.1, 0.15) is 42.5 Å². The van der Waals surface area contributed by atoms with Crippen LogP contribution < -0.4 is 11.1 Å². The van der Waals surface area contributed by atoms with Gasteiger partial charge in [0.15, 0.2) is 0 Å². The van der Waals surface area contributed by atoms with Crippen molar-refractivity contribution in [1.29, 1.82) is 0 Å². The van der Waals surface area contributed by atoms with E-state index in [9.17, 15) is 9.59 Å². The van der Waals surface area contributed by atoms with E-state index >= 15 is 0 Å². The van der Waals surface area contributed by atoms with Crippen molar-refractivity contribution < 1.29 is 14.7 Å². The number of rotatable bonds is 4. The Balaban J connectivity index is 2.06. The van der Waals surface area contributed by atoms with Gasteiger partial charge in [0.2, 0.25) is 5.91 Å². The van der Waals surface area contributed by atoms with Gasteiger partial charge in [-0.3, -0.25) is 4.79 Å². The zero-order valence-corrected chi connectivity index (χ0v) is 10.7. The van der Waals surface area contributed by atoms with Crippen molar-refractivity contribution >= 4 is 23.3 Å². The van der Waals surface area contributed by atoms with Crippen LogP contribution in [0.3, 0.4) is 0 Å². The Morgan fingerprint density at radius 2 is 2.00 bits per heavy atom. The Labute approximate surface area is 111 Å². The predicted octanol–water partition coefficient (Wildman–Crippen LogP) is 2.49. The van der Waals surface area contributed by atoms with Crippen molar-refractivity contribution in [2.24, 2.45) is 5.92 Å². The standard InChI is InChI=1S/C14H18N2O3/c15-10-5-6-11(14(18)19)12(8-10)16-13(17)7-9-3-1-2-4-9/h5-6,8-9H,1-4,7,15H2,(H,16,17)(H,18,19). The summed E-state index contributed by atoms with van der Waals surface area (Å²) < 4.78 is 0. The van der Waals surface area contributed by atoms with Crippen LogP contribution in [0.25, 0.3) is 0 Å². The number of amides is 1. The number of carboxylic acids is 1. The molecule has 0 aromatic heterocycles. The molecule has 19 heavy (non-hydrogen) atoms. The maximum atomic E-state index is 11.9. The second kappa shape index (κ2) is 5.73. The van der Waals surface area contributed by atoms with Crippen LogP contribution >= 0.6 is 0 Å². The number of anilines is 2. The fourth-order valence-electron chi connectivity index (χ4n) is 2.53. The van der Waals surface area contributed by atoms with Gasteiger partial charge in [0.05, 0.1) is 11.3 Å². The molecule has 5 nitrogen and oxygen atoms in total. The fraction of sp³-hybridized carbons (Fsp3) is 0.429. The SMILES string of the molecule is Nc1ccc(C(=O)O)c(NC(=O)CC2CCCC2)c1. The fourth-order valence-corrected chi connectivity index (χ4v) is 2.53. The van der Waals surface area contributed by atoms with Gasteiger partial charge in [-0.1, -0.05) is 12.8 Å². The van der Waals surface area contributed by atoms with E-state index in [4.69, 9.17) is 10.8 Å². The van der Waals surface area contributed by atoms with Crippen LogP contribution in [0.15, 0.2) is 18.2 Å². The van der Waals surface area contributed by atoms with Crippen molar-refractivity contribution in [2.45, 2.75) is 32.1 Å². The summed E-state index contributed by atoms with van der Waals surface area (Å²) in [6.45, 7) is 0. The third-order valence-electron chi connectivity index (χ3n) is 3.50. The second-order valence-electron chi connectivity index (χ2n) is 5.01. The molecule has 0 bridgehead atoms. The van der Waals surface area contributed by atoms with Crippen LogP contribution in [0, 0.1) is 5.92 Å². The summed E-state index contributed by atoms with van der Waals surface area (Å²) in [6, 6.07) is 4.40. The van der Waals surface area contributed by atoms with Gasteiger partial charge in [0.25, 0.3) is 0 Å². The summed E-state index contributed by atoms with van der Waals surface area (Å²) >= 11 is 0. The quantitative estimate of drug-likeness (QED) is 0.727. The highest BCUT2D eigenvalue weighted by Gasteiger charge is 2.19. The van der Waals surface area contributed by atoms with Crippen LogP contribution in [-0.2, 0) is 4.79 Å². The van der Waals surface area contributed by atoms with Gasteiger partial charge in [0.1, 0.15) is 0 Å². The number of carbonyl (C=O) groups excluding carboxylic acids is 1. The van der Waals surface area contributed by atoms with Crippen LogP contribution in [0.4, 0.5) is 11.4 Å². The topological polar surface area (TPSA) is 92.4 Å². The number of carbonyl (C=O) groups is 2.